The second-order valence-electron chi connectivity index (χ2n) is 13.5. The van der Waals surface area contributed by atoms with Crippen LogP contribution in [-0.4, -0.2) is 113 Å². The number of fused-ring (bicyclic) bond motifs is 4. The number of aromatic nitrogens is 4. The molecule has 3 saturated heterocycles. The van der Waals surface area contributed by atoms with E-state index >= 15 is 0 Å². The van der Waals surface area contributed by atoms with Crippen molar-refractivity contribution in [2.75, 3.05) is 68.8 Å². The molecule has 0 saturated carbocycles. The minimum atomic E-state index is -0.515. The summed E-state index contributed by atoms with van der Waals surface area (Å²) in [5.74, 6) is 0.931. The molecule has 3 fully saturated rings. The SMILES string of the molecule is Cc1ccc2[nH]ncc2c1N1CCc2c(nc(OCCCN3C[C@@H]4C[C@H]3CO4)nc2N2CCN(C(=O)OC(C)(C)C)CC2)C1. The summed E-state index contributed by atoms with van der Waals surface area (Å²) in [7, 11) is 0. The number of ether oxygens (including phenoxy) is 3. The van der Waals surface area contributed by atoms with Crippen molar-refractivity contribution in [3.63, 3.8) is 0 Å². The third-order valence-corrected chi connectivity index (χ3v) is 9.20. The highest BCUT2D eigenvalue weighted by Crippen LogP contribution is 2.36. The van der Waals surface area contributed by atoms with E-state index in [9.17, 15) is 4.79 Å². The molecule has 1 amide bonds. The number of hydrogen-bond donors (Lipinski definition) is 1. The van der Waals surface area contributed by atoms with Crippen molar-refractivity contribution in [1.82, 2.24) is 30.0 Å². The number of morpholine rings is 1. The molecular weight excluding hydrogens is 560 g/mol. The van der Waals surface area contributed by atoms with Gasteiger partial charge in [0.15, 0.2) is 0 Å². The van der Waals surface area contributed by atoms with Crippen molar-refractivity contribution in [3.05, 3.63) is 35.2 Å². The molecule has 4 aliphatic rings. The normalized spacial score (nSPS) is 22.1. The van der Waals surface area contributed by atoms with E-state index in [0.29, 0.717) is 57.5 Å². The maximum atomic E-state index is 12.7. The largest absolute Gasteiger partial charge is 0.463 e. The zero-order valence-corrected chi connectivity index (χ0v) is 26.3. The van der Waals surface area contributed by atoms with Gasteiger partial charge in [0, 0.05) is 62.8 Å². The molecule has 2 aromatic heterocycles. The van der Waals surface area contributed by atoms with E-state index in [2.05, 4.69) is 44.0 Å². The van der Waals surface area contributed by atoms with E-state index in [1.807, 2.05) is 27.0 Å². The molecule has 2 atom stereocenters. The van der Waals surface area contributed by atoms with E-state index in [-0.39, 0.29) is 6.09 Å². The van der Waals surface area contributed by atoms with Gasteiger partial charge in [-0.25, -0.2) is 4.79 Å². The third kappa shape index (κ3) is 5.89. The number of H-pyrrole nitrogens is 1. The summed E-state index contributed by atoms with van der Waals surface area (Å²) in [4.78, 5) is 31.7. The van der Waals surface area contributed by atoms with Crippen LogP contribution in [0.25, 0.3) is 10.9 Å². The first kappa shape index (κ1) is 29.1. The zero-order chi connectivity index (χ0) is 30.4. The molecule has 12 heteroatoms. The number of likely N-dealkylation sites (tertiary alicyclic amines) is 1. The summed E-state index contributed by atoms with van der Waals surface area (Å²) in [5.41, 5.74) is 5.10. The summed E-state index contributed by atoms with van der Waals surface area (Å²) in [6, 6.07) is 5.22. The van der Waals surface area contributed by atoms with Crippen LogP contribution in [0.1, 0.15) is 50.4 Å². The fraction of sp³-hybridized carbons (Fsp3) is 0.625. The molecule has 6 heterocycles. The molecule has 1 N–H and O–H groups in total. The van der Waals surface area contributed by atoms with Crippen LogP contribution in [0.4, 0.5) is 16.3 Å². The second-order valence-corrected chi connectivity index (χ2v) is 13.5. The highest BCUT2D eigenvalue weighted by Gasteiger charge is 2.38. The number of carbonyl (C=O) groups excluding carboxylic acids is 1. The number of hydrogen-bond acceptors (Lipinski definition) is 10. The molecule has 0 aliphatic carbocycles. The minimum Gasteiger partial charge on any atom is -0.463 e. The van der Waals surface area contributed by atoms with Crippen molar-refractivity contribution in [2.45, 2.75) is 71.2 Å². The maximum absolute atomic E-state index is 12.7. The summed E-state index contributed by atoms with van der Waals surface area (Å²) in [6.07, 6.45) is 4.95. The molecule has 1 aromatic carbocycles. The number of amides is 1. The molecule has 4 aliphatic heterocycles. The molecule has 44 heavy (non-hydrogen) atoms. The Morgan fingerprint density at radius 2 is 1.95 bits per heavy atom. The fourth-order valence-corrected chi connectivity index (χ4v) is 7.05. The van der Waals surface area contributed by atoms with Crippen LogP contribution in [0.15, 0.2) is 18.3 Å². The second kappa shape index (κ2) is 11.7. The lowest BCUT2D eigenvalue weighted by Crippen LogP contribution is -2.50. The molecule has 0 unspecified atom stereocenters. The number of anilines is 2. The number of aryl methyl sites for hydroxylation is 1. The maximum Gasteiger partial charge on any atom is 0.410 e. The first-order chi connectivity index (χ1) is 21.2. The Labute approximate surface area is 258 Å². The number of nitrogens with one attached hydrogen (secondary N) is 1. The number of nitrogens with zero attached hydrogens (tertiary/aromatic N) is 7. The highest BCUT2D eigenvalue weighted by atomic mass is 16.6. The van der Waals surface area contributed by atoms with Gasteiger partial charge in [-0.1, -0.05) is 6.07 Å². The van der Waals surface area contributed by atoms with E-state index in [1.54, 1.807) is 4.90 Å². The van der Waals surface area contributed by atoms with Crippen molar-refractivity contribution >= 4 is 28.5 Å². The average Bonchev–Trinajstić information content (AvgIpc) is 3.76. The van der Waals surface area contributed by atoms with Gasteiger partial charge in [0.1, 0.15) is 11.4 Å². The smallest absolute Gasteiger partial charge is 0.410 e. The fourth-order valence-electron chi connectivity index (χ4n) is 7.05. The number of piperazine rings is 1. The Bertz CT molecular complexity index is 1510. The Morgan fingerprint density at radius 1 is 1.11 bits per heavy atom. The molecule has 3 aromatic rings. The summed E-state index contributed by atoms with van der Waals surface area (Å²) in [5, 5.41) is 8.54. The lowest BCUT2D eigenvalue weighted by atomic mass is 10.0. The summed E-state index contributed by atoms with van der Waals surface area (Å²) < 4.78 is 17.6. The van der Waals surface area contributed by atoms with Gasteiger partial charge in [-0.05, 0) is 58.6 Å². The highest BCUT2D eigenvalue weighted by molar-refractivity contribution is 5.93. The number of carbonyl (C=O) groups is 1. The van der Waals surface area contributed by atoms with Gasteiger partial charge in [-0.15, -0.1) is 0 Å². The summed E-state index contributed by atoms with van der Waals surface area (Å²) in [6.45, 7) is 15.3. The standard InChI is InChI=1S/C32H44N8O4/c1-21-6-7-26-25(17-33-36-26)28(21)40-10-8-24-27(19-40)34-30(42-15-5-9-39-18-23-16-22(39)20-43-23)35-29(24)37-11-13-38(14-12-37)31(41)44-32(2,3)4/h6-7,17,22-23H,5,8-16,18-20H2,1-4H3,(H,33,36)/t22-,23-/m0/s1. The van der Waals surface area contributed by atoms with Gasteiger partial charge >= 0.3 is 12.1 Å². The van der Waals surface area contributed by atoms with Crippen molar-refractivity contribution < 1.29 is 19.0 Å². The number of benzene rings is 1. The molecule has 0 radical (unpaired) electrons. The topological polar surface area (TPSA) is 112 Å². The third-order valence-electron chi connectivity index (χ3n) is 9.20. The summed E-state index contributed by atoms with van der Waals surface area (Å²) >= 11 is 0. The van der Waals surface area contributed by atoms with Crippen LogP contribution in [0.2, 0.25) is 0 Å². The van der Waals surface area contributed by atoms with Crippen LogP contribution >= 0.6 is 0 Å². The van der Waals surface area contributed by atoms with Gasteiger partial charge in [0.25, 0.3) is 0 Å². The van der Waals surface area contributed by atoms with Gasteiger partial charge in [0.05, 0.1) is 49.0 Å². The molecule has 2 bridgehead atoms. The van der Waals surface area contributed by atoms with E-state index in [0.717, 1.165) is 67.9 Å². The van der Waals surface area contributed by atoms with Crippen molar-refractivity contribution in [2.24, 2.45) is 0 Å². The predicted octanol–water partition coefficient (Wildman–Crippen LogP) is 3.52. The van der Waals surface area contributed by atoms with E-state index in [4.69, 9.17) is 24.2 Å². The van der Waals surface area contributed by atoms with Crippen LogP contribution in [0.3, 0.4) is 0 Å². The van der Waals surface area contributed by atoms with E-state index < -0.39 is 5.60 Å². The van der Waals surface area contributed by atoms with Gasteiger partial charge in [0.2, 0.25) is 0 Å². The molecule has 236 valence electrons. The number of aromatic amines is 1. The van der Waals surface area contributed by atoms with E-state index in [1.165, 1.54) is 16.8 Å². The van der Waals surface area contributed by atoms with Crippen LogP contribution < -0.4 is 14.5 Å². The Balaban J connectivity index is 1.10. The van der Waals surface area contributed by atoms with Crippen molar-refractivity contribution in [3.8, 4) is 6.01 Å². The Morgan fingerprint density at radius 3 is 2.70 bits per heavy atom. The lowest BCUT2D eigenvalue weighted by Gasteiger charge is -2.38. The van der Waals surface area contributed by atoms with Crippen molar-refractivity contribution in [1.29, 1.82) is 0 Å². The Hall–Kier alpha value is -3.64. The molecular formula is C32H44N8O4. The first-order valence-corrected chi connectivity index (χ1v) is 16.0. The monoisotopic (exact) mass is 604 g/mol. The average molecular weight is 605 g/mol. The Kier molecular flexibility index (Phi) is 7.74. The van der Waals surface area contributed by atoms with Gasteiger partial charge in [-0.3, -0.25) is 10.00 Å². The van der Waals surface area contributed by atoms with Gasteiger partial charge in [-0.2, -0.15) is 15.1 Å². The van der Waals surface area contributed by atoms with Crippen LogP contribution in [-0.2, 0) is 22.4 Å². The predicted molar refractivity (Wildman–Crippen MR) is 167 cm³/mol. The molecule has 7 rings (SSSR count). The zero-order valence-electron chi connectivity index (χ0n) is 26.3. The minimum absolute atomic E-state index is 0.261. The van der Waals surface area contributed by atoms with Gasteiger partial charge < -0.3 is 28.9 Å². The quantitative estimate of drug-likeness (QED) is 0.402. The molecule has 12 nitrogen and oxygen atoms in total. The van der Waals surface area contributed by atoms with Crippen LogP contribution in [0.5, 0.6) is 6.01 Å². The number of rotatable bonds is 7. The molecule has 0 spiro atoms. The van der Waals surface area contributed by atoms with Crippen LogP contribution in [0, 0.1) is 6.92 Å². The lowest BCUT2D eigenvalue weighted by molar-refractivity contribution is 0.0240. The first-order valence-electron chi connectivity index (χ1n) is 16.0.